The van der Waals surface area contributed by atoms with Crippen LogP contribution >= 0.6 is 0 Å². The number of anilines is 1. The van der Waals surface area contributed by atoms with Gasteiger partial charge < -0.3 is 29.1 Å². The molecule has 0 aromatic heterocycles. The first-order valence-electron chi connectivity index (χ1n) is 10.6. The first-order valence-corrected chi connectivity index (χ1v) is 10.6. The molecule has 1 aliphatic rings. The Morgan fingerprint density at radius 3 is 2.24 bits per heavy atom. The highest BCUT2D eigenvalue weighted by Gasteiger charge is 2.45. The third-order valence-electron chi connectivity index (χ3n) is 5.67. The lowest BCUT2D eigenvalue weighted by molar-refractivity contribution is -0.140. The molecule has 1 atom stereocenters. The summed E-state index contributed by atoms with van der Waals surface area (Å²) in [5.41, 5.74) is 2.12. The van der Waals surface area contributed by atoms with Crippen LogP contribution in [-0.2, 0) is 14.3 Å². The largest absolute Gasteiger partial charge is 0.507 e. The zero-order chi connectivity index (χ0) is 24.1. The molecule has 176 valence electrons. The van der Waals surface area contributed by atoms with Gasteiger partial charge in [-0.25, -0.2) is 0 Å². The van der Waals surface area contributed by atoms with E-state index < -0.39 is 17.7 Å². The number of benzene rings is 2. The molecule has 0 saturated carbocycles. The molecule has 1 unspecified atom stereocenters. The zero-order valence-corrected chi connectivity index (χ0v) is 19.6. The zero-order valence-electron chi connectivity index (χ0n) is 19.6. The Bertz CT molecular complexity index is 1050. The highest BCUT2D eigenvalue weighted by molar-refractivity contribution is 6.46. The number of Topliss-reactive ketones (excluding diaryl/α,β-unsaturated/α-hetero) is 1. The van der Waals surface area contributed by atoms with Gasteiger partial charge in [-0.3, -0.25) is 9.59 Å². The molecule has 33 heavy (non-hydrogen) atoms. The summed E-state index contributed by atoms with van der Waals surface area (Å²) in [7, 11) is 8.46. The van der Waals surface area contributed by atoms with Crippen molar-refractivity contribution in [2.75, 3.05) is 53.5 Å². The second kappa shape index (κ2) is 10.4. The number of ketones is 1. The van der Waals surface area contributed by atoms with Crippen molar-refractivity contribution in [3.05, 3.63) is 59.2 Å². The van der Waals surface area contributed by atoms with Crippen molar-refractivity contribution in [1.82, 2.24) is 4.90 Å². The summed E-state index contributed by atoms with van der Waals surface area (Å²) in [6, 6.07) is 11.7. The second-order valence-corrected chi connectivity index (χ2v) is 7.89. The molecule has 8 nitrogen and oxygen atoms in total. The van der Waals surface area contributed by atoms with Crippen LogP contribution in [-0.4, -0.2) is 70.3 Å². The smallest absolute Gasteiger partial charge is 0.295 e. The predicted molar refractivity (Wildman–Crippen MR) is 126 cm³/mol. The molecule has 1 aliphatic heterocycles. The number of ether oxygens (including phenoxy) is 3. The number of hydrogen-bond acceptors (Lipinski definition) is 7. The second-order valence-electron chi connectivity index (χ2n) is 7.89. The van der Waals surface area contributed by atoms with E-state index in [0.29, 0.717) is 36.6 Å². The van der Waals surface area contributed by atoms with Gasteiger partial charge in [0.25, 0.3) is 11.7 Å². The fraction of sp³-hybridized carbons (Fsp3) is 0.360. The van der Waals surface area contributed by atoms with Crippen molar-refractivity contribution in [2.24, 2.45) is 0 Å². The average Bonchev–Trinajstić information content (AvgIpc) is 3.08. The third kappa shape index (κ3) is 4.80. The van der Waals surface area contributed by atoms with E-state index >= 15 is 0 Å². The van der Waals surface area contributed by atoms with Gasteiger partial charge in [-0.1, -0.05) is 12.1 Å². The maximum absolute atomic E-state index is 13.1. The molecule has 1 fully saturated rings. The Morgan fingerprint density at radius 1 is 1.00 bits per heavy atom. The van der Waals surface area contributed by atoms with Crippen LogP contribution in [0.5, 0.6) is 11.5 Å². The van der Waals surface area contributed by atoms with Crippen LogP contribution < -0.4 is 14.4 Å². The van der Waals surface area contributed by atoms with Crippen LogP contribution in [0.3, 0.4) is 0 Å². The lowest BCUT2D eigenvalue weighted by atomic mass is 9.95. The van der Waals surface area contributed by atoms with Gasteiger partial charge in [-0.15, -0.1) is 0 Å². The molecule has 8 heteroatoms. The molecule has 0 aliphatic carbocycles. The molecule has 2 aromatic carbocycles. The van der Waals surface area contributed by atoms with Crippen molar-refractivity contribution in [3.63, 3.8) is 0 Å². The first-order chi connectivity index (χ1) is 15.8. The Kier molecular flexibility index (Phi) is 7.60. The molecule has 2 aromatic rings. The monoisotopic (exact) mass is 454 g/mol. The molecule has 1 N–H and O–H groups in total. The van der Waals surface area contributed by atoms with E-state index in [-0.39, 0.29) is 11.3 Å². The minimum absolute atomic E-state index is 0.0437. The standard InChI is InChI=1S/C25H30N2O6/c1-26(2)18-10-7-16(8-11-18)22-21(24(29)25(30)27(22)13-6-14-31-3)23(28)17-9-12-19(32-4)20(15-17)33-5/h7-12,15,22,28H,6,13-14H2,1-5H3/b23-21-. The number of nitrogens with zero attached hydrogens (tertiary/aromatic N) is 2. The summed E-state index contributed by atoms with van der Waals surface area (Å²) < 4.78 is 15.7. The topological polar surface area (TPSA) is 88.5 Å². The van der Waals surface area contributed by atoms with Gasteiger partial charge in [0.15, 0.2) is 11.5 Å². The number of hydrogen-bond donors (Lipinski definition) is 1. The van der Waals surface area contributed by atoms with Gasteiger partial charge in [0.2, 0.25) is 0 Å². The van der Waals surface area contributed by atoms with Crippen LogP contribution in [0.2, 0.25) is 0 Å². The molecule has 1 saturated heterocycles. The van der Waals surface area contributed by atoms with Gasteiger partial charge in [0.1, 0.15) is 5.76 Å². The minimum atomic E-state index is -0.721. The minimum Gasteiger partial charge on any atom is -0.507 e. The van der Waals surface area contributed by atoms with E-state index in [1.54, 1.807) is 25.3 Å². The molecule has 1 heterocycles. The Balaban J connectivity index is 2.13. The Hall–Kier alpha value is -3.52. The number of aliphatic hydroxyl groups excluding tert-OH is 1. The van der Waals surface area contributed by atoms with Crippen LogP contribution in [0.4, 0.5) is 5.69 Å². The summed E-state index contributed by atoms with van der Waals surface area (Å²) in [5, 5.41) is 11.2. The van der Waals surface area contributed by atoms with Crippen LogP contribution in [0, 0.1) is 0 Å². The van der Waals surface area contributed by atoms with Crippen molar-refractivity contribution < 1.29 is 28.9 Å². The van der Waals surface area contributed by atoms with Crippen LogP contribution in [0.25, 0.3) is 5.76 Å². The van der Waals surface area contributed by atoms with Crippen LogP contribution in [0.1, 0.15) is 23.6 Å². The first kappa shape index (κ1) is 24.1. The summed E-state index contributed by atoms with van der Waals surface area (Å²) in [6.45, 7) is 0.770. The molecular weight excluding hydrogens is 424 g/mol. The Labute approximate surface area is 194 Å². The van der Waals surface area contributed by atoms with Crippen molar-refractivity contribution in [2.45, 2.75) is 12.5 Å². The normalized spacial score (nSPS) is 17.4. The van der Waals surface area contributed by atoms with Crippen molar-refractivity contribution in [1.29, 1.82) is 0 Å². The van der Waals surface area contributed by atoms with E-state index in [2.05, 4.69) is 0 Å². The van der Waals surface area contributed by atoms with Crippen LogP contribution in [0.15, 0.2) is 48.0 Å². The van der Waals surface area contributed by atoms with E-state index in [4.69, 9.17) is 14.2 Å². The van der Waals surface area contributed by atoms with Gasteiger partial charge in [-0.2, -0.15) is 0 Å². The van der Waals surface area contributed by atoms with Crippen molar-refractivity contribution >= 4 is 23.1 Å². The SMILES string of the molecule is COCCCN1C(=O)C(=O)/C(=C(\O)c2ccc(OC)c(OC)c2)C1c1ccc(N(C)C)cc1. The fourth-order valence-electron chi connectivity index (χ4n) is 3.93. The van der Waals surface area contributed by atoms with E-state index in [9.17, 15) is 14.7 Å². The number of aliphatic hydroxyl groups is 1. The van der Waals surface area contributed by atoms with E-state index in [0.717, 1.165) is 11.3 Å². The number of amides is 1. The lowest BCUT2D eigenvalue weighted by Gasteiger charge is -2.26. The van der Waals surface area contributed by atoms with Gasteiger partial charge in [-0.05, 0) is 42.3 Å². The fourth-order valence-corrected chi connectivity index (χ4v) is 3.93. The average molecular weight is 455 g/mol. The number of carbonyl (C=O) groups excluding carboxylic acids is 2. The summed E-state index contributed by atoms with van der Waals surface area (Å²) in [6.07, 6.45) is 0.562. The number of likely N-dealkylation sites (tertiary alicyclic amines) is 1. The lowest BCUT2D eigenvalue weighted by Crippen LogP contribution is -2.31. The number of methoxy groups -OCH3 is 3. The van der Waals surface area contributed by atoms with Gasteiger partial charge in [0.05, 0.1) is 25.8 Å². The maximum atomic E-state index is 13.1. The van der Waals surface area contributed by atoms with E-state index in [1.165, 1.54) is 19.1 Å². The number of rotatable bonds is 9. The Morgan fingerprint density at radius 2 is 1.67 bits per heavy atom. The molecular formula is C25H30N2O6. The molecule has 0 radical (unpaired) electrons. The highest BCUT2D eigenvalue weighted by atomic mass is 16.5. The van der Waals surface area contributed by atoms with Crippen molar-refractivity contribution in [3.8, 4) is 11.5 Å². The maximum Gasteiger partial charge on any atom is 0.295 e. The van der Waals surface area contributed by atoms with Gasteiger partial charge in [0, 0.05) is 45.6 Å². The third-order valence-corrected chi connectivity index (χ3v) is 5.67. The molecule has 3 rings (SSSR count). The number of carbonyl (C=O) groups is 2. The summed E-state index contributed by atoms with van der Waals surface area (Å²) in [5.74, 6) is -0.728. The highest BCUT2D eigenvalue weighted by Crippen LogP contribution is 2.41. The van der Waals surface area contributed by atoms with Gasteiger partial charge >= 0.3 is 0 Å². The summed E-state index contributed by atoms with van der Waals surface area (Å²) >= 11 is 0. The summed E-state index contributed by atoms with van der Waals surface area (Å²) in [4.78, 5) is 29.5. The van der Waals surface area contributed by atoms with E-state index in [1.807, 2.05) is 43.3 Å². The predicted octanol–water partition coefficient (Wildman–Crippen LogP) is 3.23. The molecule has 0 spiro atoms. The molecule has 0 bridgehead atoms. The quantitative estimate of drug-likeness (QED) is 0.269. The molecule has 1 amide bonds.